The van der Waals surface area contributed by atoms with Crippen LogP contribution in [0, 0.1) is 11.8 Å². The highest BCUT2D eigenvalue weighted by molar-refractivity contribution is 6.09. The summed E-state index contributed by atoms with van der Waals surface area (Å²) in [6.07, 6.45) is 1.15. The maximum absolute atomic E-state index is 14.3. The Morgan fingerprint density at radius 2 is 1.36 bits per heavy atom. The minimum atomic E-state index is -1.81. The van der Waals surface area contributed by atoms with Gasteiger partial charge in [0.1, 0.15) is 29.7 Å². The van der Waals surface area contributed by atoms with Gasteiger partial charge in [0.2, 0.25) is 23.6 Å². The molecular weight excluding hydrogens is 724 g/mol. The quantitative estimate of drug-likeness (QED) is 0.205. The van der Waals surface area contributed by atoms with Crippen molar-refractivity contribution in [2.75, 3.05) is 27.2 Å². The van der Waals surface area contributed by atoms with Crippen molar-refractivity contribution in [1.29, 1.82) is 0 Å². The van der Waals surface area contributed by atoms with Crippen LogP contribution >= 0.6 is 0 Å². The number of benzene rings is 1. The molecule has 0 spiro atoms. The fourth-order valence-electron chi connectivity index (χ4n) is 6.68. The zero-order valence-corrected chi connectivity index (χ0v) is 34.0. The topological polar surface area (TPSA) is 227 Å². The van der Waals surface area contributed by atoms with E-state index in [2.05, 4.69) is 26.6 Å². The van der Waals surface area contributed by atoms with Crippen molar-refractivity contribution in [3.05, 3.63) is 35.9 Å². The van der Waals surface area contributed by atoms with Gasteiger partial charge in [-0.25, -0.2) is 4.79 Å². The number of piperidine rings is 1. The summed E-state index contributed by atoms with van der Waals surface area (Å²) in [5.41, 5.74) is -1.05. The molecule has 2 heterocycles. The SMILES string of the molecule is CC[C@H](C)[C@@H]1NC(=O)[C@H](Cc2ccccc2)N(C)C(=O)C(C)(C)NC(=O)[C@@H](C(=O)N2CCCCC2)NC(=O)[C@H](C(C)C)NC(=O)N(C)C(=O)[C@H]([C@@H](C)O)NC1=O. The van der Waals surface area contributed by atoms with Crippen molar-refractivity contribution in [2.24, 2.45) is 11.8 Å². The van der Waals surface area contributed by atoms with Crippen molar-refractivity contribution in [1.82, 2.24) is 41.3 Å². The van der Waals surface area contributed by atoms with E-state index in [-0.39, 0.29) is 6.42 Å². The van der Waals surface area contributed by atoms with Crippen LogP contribution in [0.15, 0.2) is 30.3 Å². The van der Waals surface area contributed by atoms with Gasteiger partial charge in [-0.05, 0) is 57.4 Å². The molecule has 0 bridgehead atoms. The number of rotatable bonds is 7. The molecule has 17 heteroatoms. The zero-order chi connectivity index (χ0) is 42.1. The molecule has 56 heavy (non-hydrogen) atoms. The Hall–Kier alpha value is -5.06. The summed E-state index contributed by atoms with van der Waals surface area (Å²) in [5, 5.41) is 23.5. The monoisotopic (exact) mass is 784 g/mol. The lowest BCUT2D eigenvalue weighted by Crippen LogP contribution is -2.67. The van der Waals surface area contributed by atoms with Crippen molar-refractivity contribution < 1.29 is 43.5 Å². The number of hydrogen-bond donors (Lipinski definition) is 6. The number of likely N-dealkylation sites (tertiary alicyclic amines) is 1. The molecule has 1 aromatic carbocycles. The van der Waals surface area contributed by atoms with Gasteiger partial charge >= 0.3 is 6.03 Å². The molecule has 2 aliphatic heterocycles. The maximum Gasteiger partial charge on any atom is 0.324 e. The Kier molecular flexibility index (Phi) is 15.9. The van der Waals surface area contributed by atoms with Crippen molar-refractivity contribution >= 4 is 47.4 Å². The van der Waals surface area contributed by atoms with Crippen LogP contribution in [0.5, 0.6) is 0 Å². The lowest BCUT2D eigenvalue weighted by molar-refractivity contribution is -0.148. The van der Waals surface area contributed by atoms with Gasteiger partial charge in [-0.15, -0.1) is 0 Å². The van der Waals surface area contributed by atoms with Gasteiger partial charge in [-0.2, -0.15) is 0 Å². The van der Waals surface area contributed by atoms with Crippen LogP contribution in [-0.4, -0.2) is 136 Å². The van der Waals surface area contributed by atoms with E-state index in [4.69, 9.17) is 0 Å². The third-order valence-electron chi connectivity index (χ3n) is 10.5. The van der Waals surface area contributed by atoms with E-state index in [9.17, 15) is 43.5 Å². The number of nitrogens with one attached hydrogen (secondary N) is 5. The van der Waals surface area contributed by atoms with E-state index in [0.717, 1.165) is 18.4 Å². The van der Waals surface area contributed by atoms with E-state index < -0.39 is 101 Å². The number of likely N-dealkylation sites (N-methyl/N-ethyl adjacent to an activating group) is 2. The molecule has 0 radical (unpaired) electrons. The summed E-state index contributed by atoms with van der Waals surface area (Å²) in [7, 11) is 2.49. The molecular formula is C39H60N8O9. The van der Waals surface area contributed by atoms with Gasteiger partial charge in [0.25, 0.3) is 17.7 Å². The third kappa shape index (κ3) is 11.3. The molecule has 9 amide bonds. The van der Waals surface area contributed by atoms with Crippen LogP contribution < -0.4 is 26.6 Å². The number of imide groups is 1. The predicted octanol–water partition coefficient (Wildman–Crippen LogP) is 0.0509. The van der Waals surface area contributed by atoms with Gasteiger partial charge in [0.15, 0.2) is 6.04 Å². The molecule has 0 saturated carbocycles. The number of amides is 9. The highest BCUT2D eigenvalue weighted by Crippen LogP contribution is 2.18. The maximum atomic E-state index is 14.3. The molecule has 0 aromatic heterocycles. The minimum Gasteiger partial charge on any atom is -0.391 e. The number of carbonyl (C=O) groups excluding carboxylic acids is 8. The zero-order valence-electron chi connectivity index (χ0n) is 34.0. The number of aliphatic hydroxyl groups excluding tert-OH is 1. The van der Waals surface area contributed by atoms with Crippen LogP contribution in [0.4, 0.5) is 4.79 Å². The second-order valence-electron chi connectivity index (χ2n) is 15.7. The van der Waals surface area contributed by atoms with E-state index >= 15 is 0 Å². The van der Waals surface area contributed by atoms with E-state index in [1.807, 2.05) is 0 Å². The summed E-state index contributed by atoms with van der Waals surface area (Å²) >= 11 is 0. The minimum absolute atomic E-state index is 0.00515. The number of urea groups is 1. The molecule has 2 saturated heterocycles. The van der Waals surface area contributed by atoms with Crippen molar-refractivity contribution in [3.63, 3.8) is 0 Å². The van der Waals surface area contributed by atoms with Gasteiger partial charge in [0, 0.05) is 33.6 Å². The molecule has 6 N–H and O–H groups in total. The molecule has 2 fully saturated rings. The second kappa shape index (κ2) is 19.7. The normalized spacial score (nSPS) is 26.4. The van der Waals surface area contributed by atoms with Gasteiger partial charge in [-0.1, -0.05) is 64.4 Å². The van der Waals surface area contributed by atoms with Gasteiger partial charge in [-0.3, -0.25) is 38.5 Å². The van der Waals surface area contributed by atoms with Crippen LogP contribution in [0.3, 0.4) is 0 Å². The third-order valence-corrected chi connectivity index (χ3v) is 10.5. The van der Waals surface area contributed by atoms with Gasteiger partial charge < -0.3 is 41.5 Å². The first kappa shape index (κ1) is 45.3. The second-order valence-corrected chi connectivity index (χ2v) is 15.7. The molecule has 7 atom stereocenters. The first-order chi connectivity index (χ1) is 26.2. The molecule has 2 aliphatic rings. The lowest BCUT2D eigenvalue weighted by atomic mass is 9.95. The largest absolute Gasteiger partial charge is 0.391 e. The summed E-state index contributed by atoms with van der Waals surface area (Å²) in [4.78, 5) is 115. The van der Waals surface area contributed by atoms with Gasteiger partial charge in [0.05, 0.1) is 6.10 Å². The average molecular weight is 785 g/mol. The molecule has 0 aliphatic carbocycles. The number of nitrogens with zero attached hydrogens (tertiary/aromatic N) is 3. The highest BCUT2D eigenvalue weighted by Gasteiger charge is 2.44. The molecule has 1 aromatic rings. The summed E-state index contributed by atoms with van der Waals surface area (Å²) in [6.45, 7) is 11.5. The Bertz CT molecular complexity index is 1610. The summed E-state index contributed by atoms with van der Waals surface area (Å²) in [5.74, 6) is -7.01. The fourth-order valence-corrected chi connectivity index (χ4v) is 6.68. The predicted molar refractivity (Wildman–Crippen MR) is 206 cm³/mol. The highest BCUT2D eigenvalue weighted by atomic mass is 16.3. The van der Waals surface area contributed by atoms with E-state index in [1.54, 1.807) is 58.0 Å². The smallest absolute Gasteiger partial charge is 0.324 e. The standard InChI is InChI=1S/C39H60N8O9/c1-10-23(4)28-33(51)41-29(24(5)48)35(53)46(9)38(56)43-27(22(2)3)32(50)42-30(36(54)47-19-15-12-16-20-47)34(52)44-39(6,7)37(55)45(8)26(31(49)40-28)21-25-17-13-11-14-18-25/h11,13-14,17-18,22-24,26-30,48H,10,12,15-16,19-21H2,1-9H3,(H,40,49)(H,41,51)(H,42,50)(H,43,56)(H,44,52)/t23-,24+,26-,27-,28-,29-,30-/m0/s1. The molecule has 17 nitrogen and oxygen atoms in total. The summed E-state index contributed by atoms with van der Waals surface area (Å²) < 4.78 is 0. The van der Waals surface area contributed by atoms with E-state index in [1.165, 1.54) is 32.7 Å². The molecule has 0 unspecified atom stereocenters. The van der Waals surface area contributed by atoms with Crippen LogP contribution in [0.25, 0.3) is 0 Å². The average Bonchev–Trinajstić information content (AvgIpc) is 3.16. The molecule has 310 valence electrons. The van der Waals surface area contributed by atoms with Crippen molar-refractivity contribution in [2.45, 2.75) is 122 Å². The van der Waals surface area contributed by atoms with Crippen LogP contribution in [-0.2, 0) is 40.0 Å². The Balaban J connectivity index is 2.18. The van der Waals surface area contributed by atoms with E-state index in [0.29, 0.717) is 42.8 Å². The van der Waals surface area contributed by atoms with Crippen LogP contribution in [0.2, 0.25) is 0 Å². The molecule has 3 rings (SSSR count). The number of hydrogen-bond acceptors (Lipinski definition) is 9. The fraction of sp³-hybridized carbons (Fsp3) is 0.641. The van der Waals surface area contributed by atoms with Crippen molar-refractivity contribution in [3.8, 4) is 0 Å². The number of carbonyl (C=O) groups is 8. The lowest BCUT2D eigenvalue weighted by Gasteiger charge is -2.37. The Morgan fingerprint density at radius 3 is 1.91 bits per heavy atom. The first-order valence-corrected chi connectivity index (χ1v) is 19.3. The van der Waals surface area contributed by atoms with Crippen LogP contribution in [0.1, 0.15) is 79.7 Å². The number of aliphatic hydroxyl groups is 1. The Labute approximate surface area is 329 Å². The Morgan fingerprint density at radius 1 is 0.786 bits per heavy atom. The summed E-state index contributed by atoms with van der Waals surface area (Å²) in [6, 6.07) is 0.486. The first-order valence-electron chi connectivity index (χ1n) is 19.3.